The number of benzene rings is 1. The maximum Gasteiger partial charge on any atom is 0.0568 e. The van der Waals surface area contributed by atoms with Gasteiger partial charge in [0.25, 0.3) is 0 Å². The van der Waals surface area contributed by atoms with E-state index in [2.05, 4.69) is 30.3 Å². The van der Waals surface area contributed by atoms with Gasteiger partial charge in [-0.25, -0.2) is 0 Å². The fourth-order valence-electron chi connectivity index (χ4n) is 2.57. The van der Waals surface area contributed by atoms with Gasteiger partial charge in [0.2, 0.25) is 0 Å². The number of aliphatic hydroxyl groups excluding tert-OH is 1. The van der Waals surface area contributed by atoms with Gasteiger partial charge >= 0.3 is 0 Å². The van der Waals surface area contributed by atoms with Gasteiger partial charge in [0.15, 0.2) is 0 Å². The molecule has 1 aromatic rings. The molecule has 0 bridgehead atoms. The Morgan fingerprint density at radius 3 is 2.60 bits per heavy atom. The van der Waals surface area contributed by atoms with Crippen molar-refractivity contribution in [2.24, 2.45) is 5.92 Å². The van der Waals surface area contributed by atoms with Gasteiger partial charge in [0, 0.05) is 0 Å². The van der Waals surface area contributed by atoms with E-state index in [0.29, 0.717) is 5.92 Å². The molecule has 82 valence electrons. The molecular formula is C14H20O. The molecule has 1 N–H and O–H groups in total. The number of hydrogen-bond donors (Lipinski definition) is 1. The lowest BCUT2D eigenvalue weighted by atomic mass is 9.97. The van der Waals surface area contributed by atoms with Crippen LogP contribution in [0.1, 0.15) is 37.7 Å². The lowest BCUT2D eigenvalue weighted by Crippen LogP contribution is -2.12. The first kappa shape index (κ1) is 10.7. The predicted octanol–water partition coefficient (Wildman–Crippen LogP) is 3.17. The Bertz CT molecular complexity index is 281. The second-order valence-electron chi connectivity index (χ2n) is 4.64. The molecule has 0 heterocycles. The molecule has 1 aliphatic rings. The number of aryl methyl sites for hydroxylation is 1. The molecule has 0 spiro atoms. The highest BCUT2D eigenvalue weighted by Crippen LogP contribution is 2.29. The van der Waals surface area contributed by atoms with Gasteiger partial charge in [0.05, 0.1) is 6.10 Å². The molecule has 1 nitrogen and oxygen atoms in total. The predicted molar refractivity (Wildman–Crippen MR) is 62.7 cm³/mol. The van der Waals surface area contributed by atoms with Crippen LogP contribution in [0.2, 0.25) is 0 Å². The highest BCUT2D eigenvalue weighted by molar-refractivity contribution is 5.14. The molecule has 1 heteroatoms. The van der Waals surface area contributed by atoms with Crippen LogP contribution in [0.3, 0.4) is 0 Å². The van der Waals surface area contributed by atoms with E-state index in [1.165, 1.54) is 31.2 Å². The van der Waals surface area contributed by atoms with Crippen molar-refractivity contribution < 1.29 is 5.11 Å². The minimum Gasteiger partial charge on any atom is -0.393 e. The fraction of sp³-hybridized carbons (Fsp3) is 0.571. The Labute approximate surface area is 92.1 Å². The van der Waals surface area contributed by atoms with E-state index < -0.39 is 0 Å². The minimum absolute atomic E-state index is 0.0132. The second-order valence-corrected chi connectivity index (χ2v) is 4.64. The molecule has 2 atom stereocenters. The van der Waals surface area contributed by atoms with Crippen LogP contribution < -0.4 is 0 Å². The Morgan fingerprint density at radius 1 is 1.13 bits per heavy atom. The molecule has 1 saturated carbocycles. The van der Waals surface area contributed by atoms with Gasteiger partial charge in [0.1, 0.15) is 0 Å². The lowest BCUT2D eigenvalue weighted by molar-refractivity contribution is 0.127. The van der Waals surface area contributed by atoms with Gasteiger partial charge in [-0.3, -0.25) is 0 Å². The maximum atomic E-state index is 9.69. The summed E-state index contributed by atoms with van der Waals surface area (Å²) >= 11 is 0. The van der Waals surface area contributed by atoms with Crippen molar-refractivity contribution in [1.29, 1.82) is 0 Å². The van der Waals surface area contributed by atoms with E-state index in [1.54, 1.807) is 0 Å². The Morgan fingerprint density at radius 2 is 1.93 bits per heavy atom. The fourth-order valence-corrected chi connectivity index (χ4v) is 2.57. The summed E-state index contributed by atoms with van der Waals surface area (Å²) in [5.74, 6) is 0.578. The Kier molecular flexibility index (Phi) is 3.79. The molecule has 0 radical (unpaired) electrons. The third-order valence-electron chi connectivity index (χ3n) is 3.50. The van der Waals surface area contributed by atoms with Crippen LogP contribution in [0, 0.1) is 5.92 Å². The summed E-state index contributed by atoms with van der Waals surface area (Å²) in [6.45, 7) is 0. The zero-order valence-electron chi connectivity index (χ0n) is 9.23. The van der Waals surface area contributed by atoms with Crippen LogP contribution in [0.25, 0.3) is 0 Å². The standard InChI is InChI=1S/C14H20O/c15-14-11-5-10-13(14)9-4-8-12-6-2-1-3-7-12/h1-3,6-7,13-15H,4-5,8-11H2. The molecule has 0 saturated heterocycles. The first-order valence-corrected chi connectivity index (χ1v) is 6.08. The van der Waals surface area contributed by atoms with E-state index in [0.717, 1.165) is 12.8 Å². The largest absolute Gasteiger partial charge is 0.393 e. The molecule has 2 unspecified atom stereocenters. The Hall–Kier alpha value is -0.820. The van der Waals surface area contributed by atoms with Crippen molar-refractivity contribution in [3.05, 3.63) is 35.9 Å². The third kappa shape index (κ3) is 3.07. The molecule has 15 heavy (non-hydrogen) atoms. The molecule has 0 aromatic heterocycles. The first-order valence-electron chi connectivity index (χ1n) is 6.08. The average molecular weight is 204 g/mol. The van der Waals surface area contributed by atoms with Gasteiger partial charge in [-0.05, 0) is 43.6 Å². The number of hydrogen-bond acceptors (Lipinski definition) is 1. The maximum absolute atomic E-state index is 9.69. The van der Waals surface area contributed by atoms with Gasteiger partial charge < -0.3 is 5.11 Å². The monoisotopic (exact) mass is 204 g/mol. The van der Waals surface area contributed by atoms with Crippen LogP contribution in [0.4, 0.5) is 0 Å². The smallest absolute Gasteiger partial charge is 0.0568 e. The van der Waals surface area contributed by atoms with Gasteiger partial charge in [-0.15, -0.1) is 0 Å². The molecule has 1 aromatic carbocycles. The van der Waals surface area contributed by atoms with E-state index in [1.807, 2.05) is 0 Å². The summed E-state index contributed by atoms with van der Waals surface area (Å²) in [4.78, 5) is 0. The SMILES string of the molecule is OC1CCCC1CCCc1ccccc1. The van der Waals surface area contributed by atoms with Crippen LogP contribution in [-0.4, -0.2) is 11.2 Å². The molecule has 1 aliphatic carbocycles. The van der Waals surface area contributed by atoms with Crippen molar-refractivity contribution in [1.82, 2.24) is 0 Å². The van der Waals surface area contributed by atoms with Gasteiger partial charge in [-0.1, -0.05) is 36.8 Å². The summed E-state index contributed by atoms with van der Waals surface area (Å²) in [6, 6.07) is 10.6. The summed E-state index contributed by atoms with van der Waals surface area (Å²) in [7, 11) is 0. The van der Waals surface area contributed by atoms with E-state index in [4.69, 9.17) is 0 Å². The average Bonchev–Trinajstić information content (AvgIpc) is 2.66. The normalized spacial score (nSPS) is 25.7. The molecule has 1 fully saturated rings. The van der Waals surface area contributed by atoms with Crippen molar-refractivity contribution in [2.75, 3.05) is 0 Å². The first-order chi connectivity index (χ1) is 7.36. The molecule has 0 amide bonds. The molecule has 2 rings (SSSR count). The van der Waals surface area contributed by atoms with Crippen LogP contribution in [0.15, 0.2) is 30.3 Å². The van der Waals surface area contributed by atoms with Crippen molar-refractivity contribution in [2.45, 2.75) is 44.6 Å². The van der Waals surface area contributed by atoms with E-state index in [9.17, 15) is 5.11 Å². The van der Waals surface area contributed by atoms with Crippen LogP contribution >= 0.6 is 0 Å². The van der Waals surface area contributed by atoms with E-state index >= 15 is 0 Å². The summed E-state index contributed by atoms with van der Waals surface area (Å²) in [6.07, 6.45) is 7.02. The van der Waals surface area contributed by atoms with Crippen LogP contribution in [0.5, 0.6) is 0 Å². The summed E-state index contributed by atoms with van der Waals surface area (Å²) < 4.78 is 0. The summed E-state index contributed by atoms with van der Waals surface area (Å²) in [5.41, 5.74) is 1.42. The summed E-state index contributed by atoms with van der Waals surface area (Å²) in [5, 5.41) is 9.69. The Balaban J connectivity index is 1.71. The quantitative estimate of drug-likeness (QED) is 0.798. The number of aliphatic hydroxyl groups is 1. The zero-order valence-corrected chi connectivity index (χ0v) is 9.23. The molecule has 0 aliphatic heterocycles. The number of rotatable bonds is 4. The highest BCUT2D eigenvalue weighted by Gasteiger charge is 2.24. The molecular weight excluding hydrogens is 184 g/mol. The topological polar surface area (TPSA) is 20.2 Å². The van der Waals surface area contributed by atoms with E-state index in [-0.39, 0.29) is 6.10 Å². The lowest BCUT2D eigenvalue weighted by Gasteiger charge is -2.13. The minimum atomic E-state index is -0.0132. The van der Waals surface area contributed by atoms with Crippen molar-refractivity contribution >= 4 is 0 Å². The third-order valence-corrected chi connectivity index (χ3v) is 3.50. The van der Waals surface area contributed by atoms with Crippen molar-refractivity contribution in [3.63, 3.8) is 0 Å². The zero-order chi connectivity index (χ0) is 10.5. The van der Waals surface area contributed by atoms with Crippen molar-refractivity contribution in [3.8, 4) is 0 Å². The highest BCUT2D eigenvalue weighted by atomic mass is 16.3. The van der Waals surface area contributed by atoms with Gasteiger partial charge in [-0.2, -0.15) is 0 Å². The second kappa shape index (κ2) is 5.32. The van der Waals surface area contributed by atoms with Crippen LogP contribution in [-0.2, 0) is 6.42 Å².